The molecule has 0 atom stereocenters. The number of halogens is 1. The van der Waals surface area contributed by atoms with Gasteiger partial charge in [0.25, 0.3) is 0 Å². The van der Waals surface area contributed by atoms with Crippen molar-refractivity contribution in [1.29, 1.82) is 0 Å². The average Bonchev–Trinajstić information content (AvgIpc) is 2.87. The Morgan fingerprint density at radius 1 is 1.33 bits per heavy atom. The fourth-order valence-corrected chi connectivity index (χ4v) is 3.34. The summed E-state index contributed by atoms with van der Waals surface area (Å²) in [5, 5.41) is 9.30. The van der Waals surface area contributed by atoms with E-state index in [1.54, 1.807) is 0 Å². The summed E-state index contributed by atoms with van der Waals surface area (Å²) in [5.41, 5.74) is 3.93. The van der Waals surface area contributed by atoms with Gasteiger partial charge in [-0.15, -0.1) is 0 Å². The maximum atomic E-state index is 11.3. The van der Waals surface area contributed by atoms with Crippen LogP contribution < -0.4 is 4.74 Å². The second-order valence-corrected chi connectivity index (χ2v) is 6.35. The van der Waals surface area contributed by atoms with Crippen LogP contribution in [0.3, 0.4) is 0 Å². The first-order chi connectivity index (χ1) is 11.5. The molecule has 2 heterocycles. The molecule has 2 aromatic heterocycles. The zero-order valence-electron chi connectivity index (χ0n) is 13.4. The normalized spacial score (nSPS) is 11.0. The summed E-state index contributed by atoms with van der Waals surface area (Å²) >= 11 is 3.52. The lowest BCUT2D eigenvalue weighted by Crippen LogP contribution is -2.05. The predicted molar refractivity (Wildman–Crippen MR) is 95.6 cm³/mol. The van der Waals surface area contributed by atoms with E-state index in [9.17, 15) is 9.90 Å². The first-order valence-electron chi connectivity index (χ1n) is 7.61. The largest absolute Gasteiger partial charge is 0.494 e. The van der Waals surface area contributed by atoms with Crippen molar-refractivity contribution in [3.8, 4) is 17.0 Å². The van der Waals surface area contributed by atoms with Gasteiger partial charge < -0.3 is 14.2 Å². The number of aliphatic carboxylic acids is 1. The van der Waals surface area contributed by atoms with Gasteiger partial charge in [-0.3, -0.25) is 4.79 Å². The molecule has 5 nitrogen and oxygen atoms in total. The van der Waals surface area contributed by atoms with Gasteiger partial charge in [0.2, 0.25) is 0 Å². The van der Waals surface area contributed by atoms with Crippen molar-refractivity contribution >= 4 is 27.5 Å². The van der Waals surface area contributed by atoms with E-state index in [0.29, 0.717) is 23.6 Å². The lowest BCUT2D eigenvalue weighted by Gasteiger charge is -2.06. The number of carboxylic acids is 1. The third-order valence-electron chi connectivity index (χ3n) is 3.67. The van der Waals surface area contributed by atoms with Crippen LogP contribution in [0, 0.1) is 6.92 Å². The molecule has 0 spiro atoms. The van der Waals surface area contributed by atoms with Gasteiger partial charge in [-0.05, 0) is 65.7 Å². The highest BCUT2D eigenvalue weighted by Gasteiger charge is 2.18. The number of imidazole rings is 1. The Labute approximate surface area is 148 Å². The summed E-state index contributed by atoms with van der Waals surface area (Å²) in [6.45, 7) is 4.50. The number of ether oxygens (including phenoxy) is 1. The second kappa shape index (κ2) is 6.65. The minimum atomic E-state index is -0.887. The molecule has 1 N–H and O–H groups in total. The Hall–Kier alpha value is -2.34. The van der Waals surface area contributed by atoms with Crippen LogP contribution in [0.5, 0.6) is 5.75 Å². The first kappa shape index (κ1) is 16.5. The predicted octanol–water partition coefficient (Wildman–Crippen LogP) is 4.10. The van der Waals surface area contributed by atoms with E-state index in [4.69, 9.17) is 4.74 Å². The zero-order valence-corrected chi connectivity index (χ0v) is 15.0. The molecule has 0 aliphatic heterocycles. The van der Waals surface area contributed by atoms with Crippen molar-refractivity contribution in [3.63, 3.8) is 0 Å². The minimum absolute atomic E-state index is 0.0976. The summed E-state index contributed by atoms with van der Waals surface area (Å²) in [6, 6.07) is 9.51. The first-order valence-corrected chi connectivity index (χ1v) is 8.41. The number of aryl methyl sites for hydroxylation is 1. The van der Waals surface area contributed by atoms with Crippen LogP contribution in [-0.2, 0) is 11.2 Å². The van der Waals surface area contributed by atoms with Crippen LogP contribution in [0.25, 0.3) is 16.9 Å². The van der Waals surface area contributed by atoms with Crippen LogP contribution in [0.15, 0.2) is 41.0 Å². The molecule has 0 radical (unpaired) electrons. The average molecular weight is 389 g/mol. The fourth-order valence-electron chi connectivity index (χ4n) is 2.70. The van der Waals surface area contributed by atoms with Crippen molar-refractivity contribution in [1.82, 2.24) is 9.38 Å². The van der Waals surface area contributed by atoms with E-state index in [2.05, 4.69) is 20.9 Å². The van der Waals surface area contributed by atoms with Crippen molar-refractivity contribution in [3.05, 3.63) is 52.3 Å². The second-order valence-electron chi connectivity index (χ2n) is 5.49. The molecule has 6 heteroatoms. The molecule has 3 aromatic rings. The highest BCUT2D eigenvalue weighted by molar-refractivity contribution is 9.10. The number of hydrogen-bond acceptors (Lipinski definition) is 3. The molecule has 3 rings (SSSR count). The Kier molecular flexibility index (Phi) is 4.57. The van der Waals surface area contributed by atoms with E-state index >= 15 is 0 Å². The molecule has 0 bridgehead atoms. The molecular weight excluding hydrogens is 372 g/mol. The zero-order chi connectivity index (χ0) is 17.3. The molecule has 124 valence electrons. The van der Waals surface area contributed by atoms with Gasteiger partial charge in [-0.2, -0.15) is 0 Å². The van der Waals surface area contributed by atoms with Crippen LogP contribution in [-0.4, -0.2) is 27.1 Å². The number of rotatable bonds is 5. The lowest BCUT2D eigenvalue weighted by atomic mass is 10.1. The van der Waals surface area contributed by atoms with Crippen molar-refractivity contribution in [2.75, 3.05) is 6.61 Å². The molecular formula is C18H17BrN2O3. The minimum Gasteiger partial charge on any atom is -0.494 e. The Morgan fingerprint density at radius 2 is 2.04 bits per heavy atom. The van der Waals surface area contributed by atoms with E-state index < -0.39 is 5.97 Å². The highest BCUT2D eigenvalue weighted by atomic mass is 79.9. The smallest absolute Gasteiger partial charge is 0.309 e. The molecule has 0 aliphatic carbocycles. The van der Waals surface area contributed by atoms with Gasteiger partial charge in [-0.25, -0.2) is 4.98 Å². The summed E-state index contributed by atoms with van der Waals surface area (Å²) in [6.07, 6.45) is 1.81. The molecule has 0 saturated heterocycles. The summed E-state index contributed by atoms with van der Waals surface area (Å²) in [4.78, 5) is 16.0. The maximum absolute atomic E-state index is 11.3. The van der Waals surface area contributed by atoms with Gasteiger partial charge in [0.15, 0.2) is 5.65 Å². The van der Waals surface area contributed by atoms with E-state index in [-0.39, 0.29) is 6.42 Å². The molecule has 24 heavy (non-hydrogen) atoms. The molecule has 0 aliphatic rings. The topological polar surface area (TPSA) is 63.8 Å². The summed E-state index contributed by atoms with van der Waals surface area (Å²) in [5.74, 6) is -0.108. The van der Waals surface area contributed by atoms with E-state index in [1.165, 1.54) is 0 Å². The van der Waals surface area contributed by atoms with Gasteiger partial charge in [0.1, 0.15) is 5.75 Å². The number of carbonyl (C=O) groups is 1. The number of hydrogen-bond donors (Lipinski definition) is 1. The van der Waals surface area contributed by atoms with Crippen LogP contribution in [0.2, 0.25) is 0 Å². The van der Waals surface area contributed by atoms with Crippen molar-refractivity contribution in [2.45, 2.75) is 20.3 Å². The number of nitrogens with zero attached hydrogens (tertiary/aromatic N) is 2. The summed E-state index contributed by atoms with van der Waals surface area (Å²) in [7, 11) is 0. The molecule has 0 unspecified atom stereocenters. The Morgan fingerprint density at radius 3 is 2.67 bits per heavy atom. The van der Waals surface area contributed by atoms with Crippen LogP contribution >= 0.6 is 15.9 Å². The molecule has 1 aromatic carbocycles. The van der Waals surface area contributed by atoms with E-state index in [0.717, 1.165) is 21.3 Å². The highest BCUT2D eigenvalue weighted by Crippen LogP contribution is 2.30. The van der Waals surface area contributed by atoms with Gasteiger partial charge in [0.05, 0.1) is 28.9 Å². The molecule has 0 amide bonds. The van der Waals surface area contributed by atoms with E-state index in [1.807, 2.05) is 54.8 Å². The van der Waals surface area contributed by atoms with Crippen LogP contribution in [0.1, 0.15) is 18.2 Å². The third-order valence-corrected chi connectivity index (χ3v) is 4.25. The molecule has 0 saturated carbocycles. The maximum Gasteiger partial charge on any atom is 0.309 e. The quantitative estimate of drug-likeness (QED) is 0.714. The molecule has 0 fully saturated rings. The van der Waals surface area contributed by atoms with Gasteiger partial charge in [0, 0.05) is 11.8 Å². The Bertz CT molecular complexity index is 901. The van der Waals surface area contributed by atoms with Crippen molar-refractivity contribution in [2.24, 2.45) is 0 Å². The summed E-state index contributed by atoms with van der Waals surface area (Å²) < 4.78 is 8.14. The van der Waals surface area contributed by atoms with Gasteiger partial charge >= 0.3 is 5.97 Å². The fraction of sp³-hybridized carbons (Fsp3) is 0.222. The Balaban J connectivity index is 2.18. The third kappa shape index (κ3) is 3.14. The number of pyridine rings is 1. The lowest BCUT2D eigenvalue weighted by molar-refractivity contribution is -0.136. The number of carboxylic acid groups (broad SMARTS) is 1. The van der Waals surface area contributed by atoms with Crippen molar-refractivity contribution < 1.29 is 14.6 Å². The number of fused-ring (bicyclic) bond motifs is 1. The van der Waals surface area contributed by atoms with Crippen LogP contribution in [0.4, 0.5) is 0 Å². The number of benzene rings is 1. The SMILES string of the molecule is CCOc1ccc(-c2nc3c(Br)cc(C)cn3c2CC(=O)O)cc1. The van der Waals surface area contributed by atoms with Gasteiger partial charge in [-0.1, -0.05) is 0 Å². The monoisotopic (exact) mass is 388 g/mol. The standard InChI is InChI=1S/C18H17BrN2O3/c1-3-24-13-6-4-12(5-7-13)17-15(9-16(22)23)21-10-11(2)8-14(19)18(21)20-17/h4-8,10H,3,9H2,1-2H3,(H,22,23). The number of aromatic nitrogens is 2.